The van der Waals surface area contributed by atoms with Gasteiger partial charge in [0.25, 0.3) is 0 Å². The molecule has 1 aromatic heterocycles. The predicted molar refractivity (Wildman–Crippen MR) is 72.1 cm³/mol. The van der Waals surface area contributed by atoms with Crippen molar-refractivity contribution in [2.24, 2.45) is 0 Å². The molecule has 6 heteroatoms. The van der Waals surface area contributed by atoms with Gasteiger partial charge in [-0.2, -0.15) is 4.98 Å². The van der Waals surface area contributed by atoms with E-state index in [9.17, 15) is 0 Å². The molecule has 1 saturated heterocycles. The van der Waals surface area contributed by atoms with Gasteiger partial charge < -0.3 is 19.9 Å². The molecular formula is C12H21N5O. The van der Waals surface area contributed by atoms with Gasteiger partial charge in [0.15, 0.2) is 0 Å². The third-order valence-corrected chi connectivity index (χ3v) is 3.04. The summed E-state index contributed by atoms with van der Waals surface area (Å²) in [5.74, 6) is 1.67. The maximum Gasteiger partial charge on any atom is 0.227 e. The molecule has 6 nitrogen and oxygen atoms in total. The van der Waals surface area contributed by atoms with Crippen LogP contribution in [0.1, 0.15) is 0 Å². The van der Waals surface area contributed by atoms with E-state index in [1.165, 1.54) is 0 Å². The summed E-state index contributed by atoms with van der Waals surface area (Å²) in [6.45, 7) is 5.52. The molecule has 0 unspecified atom stereocenters. The summed E-state index contributed by atoms with van der Waals surface area (Å²) >= 11 is 0. The maximum atomic E-state index is 5.00. The zero-order valence-corrected chi connectivity index (χ0v) is 11.1. The minimum atomic E-state index is 0.674. The van der Waals surface area contributed by atoms with Crippen LogP contribution in [0.5, 0.6) is 0 Å². The highest BCUT2D eigenvalue weighted by molar-refractivity contribution is 5.41. The number of nitrogens with one attached hydrogen (secondary N) is 1. The second-order valence-corrected chi connectivity index (χ2v) is 4.45. The topological polar surface area (TPSA) is 53.5 Å². The largest absolute Gasteiger partial charge is 0.383 e. The molecule has 0 saturated carbocycles. The summed E-state index contributed by atoms with van der Waals surface area (Å²) < 4.78 is 5.00. The van der Waals surface area contributed by atoms with Crippen LogP contribution in [0.4, 0.5) is 11.8 Å². The van der Waals surface area contributed by atoms with Gasteiger partial charge in [-0.05, 0) is 13.1 Å². The first-order chi connectivity index (χ1) is 8.79. The lowest BCUT2D eigenvalue weighted by atomic mass is 10.3. The van der Waals surface area contributed by atoms with Crippen molar-refractivity contribution in [2.45, 2.75) is 0 Å². The predicted octanol–water partition coefficient (Wildman–Crippen LogP) is 0.287. The molecular weight excluding hydrogens is 230 g/mol. The molecule has 0 aliphatic carbocycles. The molecule has 0 bridgehead atoms. The second kappa shape index (κ2) is 6.51. The molecule has 1 aliphatic heterocycles. The van der Waals surface area contributed by atoms with Gasteiger partial charge in [-0.1, -0.05) is 0 Å². The van der Waals surface area contributed by atoms with E-state index in [-0.39, 0.29) is 0 Å². The summed E-state index contributed by atoms with van der Waals surface area (Å²) in [4.78, 5) is 13.4. The zero-order valence-electron chi connectivity index (χ0n) is 11.1. The molecule has 0 aromatic carbocycles. The van der Waals surface area contributed by atoms with E-state index in [1.807, 2.05) is 6.07 Å². The van der Waals surface area contributed by atoms with Crippen LogP contribution in [0, 0.1) is 0 Å². The van der Waals surface area contributed by atoms with E-state index in [4.69, 9.17) is 4.74 Å². The van der Waals surface area contributed by atoms with Crippen molar-refractivity contribution in [3.63, 3.8) is 0 Å². The standard InChI is InChI=1S/C12H21N5O/c1-16-6-8-17(9-7-16)12-14-4-3-11(15-12)13-5-10-18-2/h3-4H,5-10H2,1-2H3,(H,13,14,15). The first-order valence-corrected chi connectivity index (χ1v) is 6.29. The van der Waals surface area contributed by atoms with Gasteiger partial charge in [-0.3, -0.25) is 0 Å². The molecule has 0 atom stereocenters. The van der Waals surface area contributed by atoms with Gasteiger partial charge in [0.2, 0.25) is 5.95 Å². The number of rotatable bonds is 5. The van der Waals surface area contributed by atoms with Gasteiger partial charge >= 0.3 is 0 Å². The number of hydrogen-bond acceptors (Lipinski definition) is 6. The Bertz CT molecular complexity index is 365. The highest BCUT2D eigenvalue weighted by atomic mass is 16.5. The molecule has 2 rings (SSSR count). The Balaban J connectivity index is 1.94. The Morgan fingerprint density at radius 3 is 2.83 bits per heavy atom. The molecule has 2 heterocycles. The van der Waals surface area contributed by atoms with Crippen molar-refractivity contribution in [1.82, 2.24) is 14.9 Å². The van der Waals surface area contributed by atoms with Crippen molar-refractivity contribution >= 4 is 11.8 Å². The first kappa shape index (κ1) is 13.0. The minimum absolute atomic E-state index is 0.674. The van der Waals surface area contributed by atoms with Crippen LogP contribution in [0.3, 0.4) is 0 Å². The average Bonchev–Trinajstić information content (AvgIpc) is 2.40. The quantitative estimate of drug-likeness (QED) is 0.759. The van der Waals surface area contributed by atoms with Crippen molar-refractivity contribution in [1.29, 1.82) is 0 Å². The van der Waals surface area contributed by atoms with Crippen molar-refractivity contribution < 1.29 is 4.74 Å². The highest BCUT2D eigenvalue weighted by Crippen LogP contribution is 2.12. The zero-order chi connectivity index (χ0) is 12.8. The Labute approximate surface area is 108 Å². The van der Waals surface area contributed by atoms with E-state index in [0.717, 1.165) is 44.5 Å². The van der Waals surface area contributed by atoms with Crippen LogP contribution in [0.15, 0.2) is 12.3 Å². The highest BCUT2D eigenvalue weighted by Gasteiger charge is 2.16. The normalized spacial score (nSPS) is 16.9. The van der Waals surface area contributed by atoms with Crippen LogP contribution in [-0.4, -0.2) is 68.4 Å². The molecule has 0 amide bonds. The number of ether oxygens (including phenoxy) is 1. The molecule has 0 radical (unpaired) electrons. The van der Waals surface area contributed by atoms with E-state index in [0.29, 0.717) is 6.61 Å². The molecule has 1 aliphatic rings. The van der Waals surface area contributed by atoms with E-state index in [1.54, 1.807) is 13.3 Å². The Hall–Kier alpha value is -1.40. The van der Waals surface area contributed by atoms with Crippen LogP contribution in [0.25, 0.3) is 0 Å². The minimum Gasteiger partial charge on any atom is -0.383 e. The number of nitrogens with zero attached hydrogens (tertiary/aromatic N) is 4. The number of aromatic nitrogens is 2. The third-order valence-electron chi connectivity index (χ3n) is 3.04. The van der Waals surface area contributed by atoms with Gasteiger partial charge in [-0.15, -0.1) is 0 Å². The Morgan fingerprint density at radius 2 is 2.11 bits per heavy atom. The summed E-state index contributed by atoms with van der Waals surface area (Å²) in [6, 6.07) is 1.88. The van der Waals surface area contributed by atoms with Gasteiger partial charge in [-0.25, -0.2) is 4.98 Å². The van der Waals surface area contributed by atoms with E-state index in [2.05, 4.69) is 32.1 Å². The SMILES string of the molecule is COCCNc1ccnc(N2CCN(C)CC2)n1. The second-order valence-electron chi connectivity index (χ2n) is 4.45. The molecule has 18 heavy (non-hydrogen) atoms. The smallest absolute Gasteiger partial charge is 0.227 e. The van der Waals surface area contributed by atoms with Crippen molar-refractivity contribution in [3.8, 4) is 0 Å². The number of methoxy groups -OCH3 is 1. The molecule has 100 valence electrons. The lowest BCUT2D eigenvalue weighted by Gasteiger charge is -2.32. The van der Waals surface area contributed by atoms with Crippen molar-refractivity contribution in [2.75, 3.05) is 63.7 Å². The van der Waals surface area contributed by atoms with E-state index < -0.39 is 0 Å². The fraction of sp³-hybridized carbons (Fsp3) is 0.667. The summed E-state index contributed by atoms with van der Waals surface area (Å²) in [6.07, 6.45) is 1.80. The summed E-state index contributed by atoms with van der Waals surface area (Å²) in [7, 11) is 3.83. The average molecular weight is 251 g/mol. The third kappa shape index (κ3) is 3.54. The lowest BCUT2D eigenvalue weighted by Crippen LogP contribution is -2.45. The number of hydrogen-bond donors (Lipinski definition) is 1. The fourth-order valence-corrected chi connectivity index (χ4v) is 1.89. The molecule has 1 fully saturated rings. The van der Waals surface area contributed by atoms with Gasteiger partial charge in [0, 0.05) is 46.0 Å². The van der Waals surface area contributed by atoms with E-state index >= 15 is 0 Å². The van der Waals surface area contributed by atoms with Crippen LogP contribution < -0.4 is 10.2 Å². The van der Waals surface area contributed by atoms with Crippen LogP contribution >= 0.6 is 0 Å². The fourth-order valence-electron chi connectivity index (χ4n) is 1.89. The van der Waals surface area contributed by atoms with Gasteiger partial charge in [0.05, 0.1) is 6.61 Å². The van der Waals surface area contributed by atoms with Gasteiger partial charge in [0.1, 0.15) is 5.82 Å². The van der Waals surface area contributed by atoms with Crippen LogP contribution in [-0.2, 0) is 4.74 Å². The summed E-state index contributed by atoms with van der Waals surface area (Å²) in [5.41, 5.74) is 0. The maximum absolute atomic E-state index is 5.00. The Kier molecular flexibility index (Phi) is 4.72. The number of piperazine rings is 1. The molecule has 0 spiro atoms. The molecule has 1 aromatic rings. The first-order valence-electron chi connectivity index (χ1n) is 6.29. The lowest BCUT2D eigenvalue weighted by molar-refractivity contribution is 0.210. The summed E-state index contributed by atoms with van der Waals surface area (Å²) in [5, 5.41) is 3.22. The van der Waals surface area contributed by atoms with Crippen molar-refractivity contribution in [3.05, 3.63) is 12.3 Å². The number of anilines is 2. The molecule has 1 N–H and O–H groups in total. The van der Waals surface area contributed by atoms with Crippen LogP contribution in [0.2, 0.25) is 0 Å². The monoisotopic (exact) mass is 251 g/mol. The Morgan fingerprint density at radius 1 is 1.33 bits per heavy atom. The number of likely N-dealkylation sites (N-methyl/N-ethyl adjacent to an activating group) is 1.